The average molecular weight is 449 g/mol. The predicted octanol–water partition coefficient (Wildman–Crippen LogP) is -1.52. The number of rotatable bonds is 6. The van der Waals surface area contributed by atoms with Gasteiger partial charge in [0.25, 0.3) is 0 Å². The summed E-state index contributed by atoms with van der Waals surface area (Å²) in [6.45, 7) is 5.89. The summed E-state index contributed by atoms with van der Waals surface area (Å²) in [6, 6.07) is 0. The monoisotopic (exact) mass is 448 g/mol. The number of aliphatic hydroxyl groups is 6. The molecule has 12 atom stereocenters. The van der Waals surface area contributed by atoms with Gasteiger partial charge in [-0.3, -0.25) is 0 Å². The molecule has 180 valence electrons. The standard InChI is InChI=1S/C21H36O10/c1-20(2)9-4-5-21(20,3)12(6-9)31-19-17(27)15(25)14(24)11(30-19)8-28-18-16(26)13(23)10(7-22)29-18/h9-19,22-27H,4-8H2,1-3H3. The SMILES string of the molecule is CC1(C)C2CCC1(C)C(OC1OC(COC3OC(CO)C(O)C3O)C(O)C(O)C1O)C2. The highest BCUT2D eigenvalue weighted by atomic mass is 16.7. The number of ether oxygens (including phenoxy) is 4. The molecule has 10 nitrogen and oxygen atoms in total. The minimum atomic E-state index is -1.50. The van der Waals surface area contributed by atoms with Crippen LogP contribution in [0, 0.1) is 16.7 Å². The van der Waals surface area contributed by atoms with Gasteiger partial charge in [-0.1, -0.05) is 20.8 Å². The maximum absolute atomic E-state index is 10.5. The number of hydrogen-bond acceptors (Lipinski definition) is 10. The molecule has 10 heteroatoms. The lowest BCUT2D eigenvalue weighted by molar-refractivity contribution is -0.326. The maximum Gasteiger partial charge on any atom is 0.186 e. The highest BCUT2D eigenvalue weighted by Crippen LogP contribution is 2.66. The molecule has 2 aliphatic heterocycles. The van der Waals surface area contributed by atoms with E-state index in [9.17, 15) is 30.6 Å². The van der Waals surface area contributed by atoms with Crippen molar-refractivity contribution in [2.24, 2.45) is 16.7 Å². The van der Waals surface area contributed by atoms with Crippen molar-refractivity contribution in [3.63, 3.8) is 0 Å². The molecule has 2 heterocycles. The highest BCUT2D eigenvalue weighted by Gasteiger charge is 2.63. The summed E-state index contributed by atoms with van der Waals surface area (Å²) in [7, 11) is 0. The van der Waals surface area contributed by atoms with E-state index < -0.39 is 61.9 Å². The summed E-state index contributed by atoms with van der Waals surface area (Å²) in [5, 5.41) is 60.2. The van der Waals surface area contributed by atoms with E-state index in [-0.39, 0.29) is 23.5 Å². The minimum absolute atomic E-state index is 0.0784. The third-order valence-electron chi connectivity index (χ3n) is 8.60. The Balaban J connectivity index is 1.39. The van der Waals surface area contributed by atoms with Gasteiger partial charge in [-0.15, -0.1) is 0 Å². The van der Waals surface area contributed by atoms with E-state index in [0.29, 0.717) is 5.92 Å². The van der Waals surface area contributed by atoms with Crippen molar-refractivity contribution in [2.75, 3.05) is 13.2 Å². The normalized spacial score (nSPS) is 53.9. The van der Waals surface area contributed by atoms with Gasteiger partial charge in [0.2, 0.25) is 0 Å². The largest absolute Gasteiger partial charge is 0.394 e. The first-order chi connectivity index (χ1) is 14.5. The summed E-state index contributed by atoms with van der Waals surface area (Å²) < 4.78 is 22.7. The molecule has 0 spiro atoms. The fourth-order valence-electron chi connectivity index (χ4n) is 5.86. The van der Waals surface area contributed by atoms with Crippen molar-refractivity contribution in [2.45, 2.75) is 101 Å². The molecule has 2 aliphatic carbocycles. The van der Waals surface area contributed by atoms with Crippen molar-refractivity contribution in [3.05, 3.63) is 0 Å². The molecule has 4 rings (SSSR count). The Bertz CT molecular complexity index is 646. The molecule has 0 radical (unpaired) electrons. The van der Waals surface area contributed by atoms with Crippen LogP contribution in [0.4, 0.5) is 0 Å². The number of aliphatic hydroxyl groups excluding tert-OH is 6. The fourth-order valence-corrected chi connectivity index (χ4v) is 5.86. The van der Waals surface area contributed by atoms with E-state index in [4.69, 9.17) is 18.9 Å². The Morgan fingerprint density at radius 2 is 1.45 bits per heavy atom. The van der Waals surface area contributed by atoms with Crippen molar-refractivity contribution in [3.8, 4) is 0 Å². The van der Waals surface area contributed by atoms with E-state index in [1.54, 1.807) is 0 Å². The second-order valence-electron chi connectivity index (χ2n) is 10.3. The molecule has 0 amide bonds. The smallest absolute Gasteiger partial charge is 0.186 e. The van der Waals surface area contributed by atoms with Crippen molar-refractivity contribution < 1.29 is 49.6 Å². The topological polar surface area (TPSA) is 158 Å². The van der Waals surface area contributed by atoms with Gasteiger partial charge >= 0.3 is 0 Å². The van der Waals surface area contributed by atoms with E-state index in [0.717, 1.165) is 19.3 Å². The molecular formula is C21H36O10. The van der Waals surface area contributed by atoms with E-state index in [1.165, 1.54) is 0 Å². The Kier molecular flexibility index (Phi) is 6.46. The minimum Gasteiger partial charge on any atom is -0.394 e. The molecule has 31 heavy (non-hydrogen) atoms. The van der Waals surface area contributed by atoms with Crippen molar-refractivity contribution in [1.29, 1.82) is 0 Å². The van der Waals surface area contributed by atoms with Crippen LogP contribution in [0.3, 0.4) is 0 Å². The van der Waals surface area contributed by atoms with Gasteiger partial charge in [0.05, 0.1) is 19.3 Å². The van der Waals surface area contributed by atoms with Gasteiger partial charge in [0.1, 0.15) is 42.7 Å². The Morgan fingerprint density at radius 3 is 2.00 bits per heavy atom. The van der Waals surface area contributed by atoms with Crippen LogP contribution in [-0.4, -0.2) is 105 Å². The third kappa shape index (κ3) is 3.74. The molecule has 4 fully saturated rings. The van der Waals surface area contributed by atoms with Crippen LogP contribution in [0.1, 0.15) is 40.0 Å². The van der Waals surface area contributed by atoms with Crippen LogP contribution in [0.2, 0.25) is 0 Å². The maximum atomic E-state index is 10.5. The van der Waals surface area contributed by atoms with Crippen LogP contribution in [-0.2, 0) is 18.9 Å². The first-order valence-corrected chi connectivity index (χ1v) is 11.1. The van der Waals surface area contributed by atoms with Gasteiger partial charge < -0.3 is 49.6 Å². The third-order valence-corrected chi connectivity index (χ3v) is 8.60. The van der Waals surface area contributed by atoms with Gasteiger partial charge in [0.15, 0.2) is 12.6 Å². The first kappa shape index (κ1) is 23.7. The predicted molar refractivity (Wildman–Crippen MR) is 104 cm³/mol. The van der Waals surface area contributed by atoms with Gasteiger partial charge in [-0.05, 0) is 36.0 Å². The van der Waals surface area contributed by atoms with Gasteiger partial charge in [-0.2, -0.15) is 0 Å². The zero-order valence-corrected chi connectivity index (χ0v) is 18.2. The summed E-state index contributed by atoms with van der Waals surface area (Å²) in [5.74, 6) is 0.518. The lowest BCUT2D eigenvalue weighted by Crippen LogP contribution is -2.60. The molecule has 2 bridgehead atoms. The molecule has 0 aromatic carbocycles. The molecule has 6 N–H and O–H groups in total. The van der Waals surface area contributed by atoms with Crippen molar-refractivity contribution in [1.82, 2.24) is 0 Å². The average Bonchev–Trinajstić information content (AvgIpc) is 3.21. The molecule has 2 saturated heterocycles. The van der Waals surface area contributed by atoms with Crippen LogP contribution in [0.25, 0.3) is 0 Å². The molecule has 12 unspecified atom stereocenters. The summed E-state index contributed by atoms with van der Waals surface area (Å²) in [4.78, 5) is 0. The van der Waals surface area contributed by atoms with Gasteiger partial charge in [-0.25, -0.2) is 0 Å². The van der Waals surface area contributed by atoms with Crippen LogP contribution >= 0.6 is 0 Å². The van der Waals surface area contributed by atoms with Crippen LogP contribution in [0.5, 0.6) is 0 Å². The second kappa shape index (κ2) is 8.43. The Morgan fingerprint density at radius 1 is 0.839 bits per heavy atom. The first-order valence-electron chi connectivity index (χ1n) is 11.1. The Hall–Kier alpha value is -0.400. The molecule has 4 aliphatic rings. The number of fused-ring (bicyclic) bond motifs is 2. The van der Waals surface area contributed by atoms with Gasteiger partial charge in [0, 0.05) is 0 Å². The van der Waals surface area contributed by atoms with E-state index >= 15 is 0 Å². The van der Waals surface area contributed by atoms with Crippen LogP contribution < -0.4 is 0 Å². The Labute approximate surface area is 181 Å². The zero-order valence-electron chi connectivity index (χ0n) is 18.2. The van der Waals surface area contributed by atoms with E-state index in [1.807, 2.05) is 0 Å². The van der Waals surface area contributed by atoms with E-state index in [2.05, 4.69) is 20.8 Å². The molecule has 0 aromatic heterocycles. The van der Waals surface area contributed by atoms with Crippen LogP contribution in [0.15, 0.2) is 0 Å². The highest BCUT2D eigenvalue weighted by molar-refractivity contribution is 5.11. The summed E-state index contributed by atoms with van der Waals surface area (Å²) in [5.41, 5.74) is 0.0168. The number of hydrogen-bond donors (Lipinski definition) is 6. The lowest BCUT2D eigenvalue weighted by atomic mass is 9.70. The summed E-state index contributed by atoms with van der Waals surface area (Å²) >= 11 is 0. The lowest BCUT2D eigenvalue weighted by Gasteiger charge is -2.45. The molecule has 0 aromatic rings. The van der Waals surface area contributed by atoms with Crippen molar-refractivity contribution >= 4 is 0 Å². The fraction of sp³-hybridized carbons (Fsp3) is 1.00. The summed E-state index contributed by atoms with van der Waals surface area (Å²) in [6.07, 6.45) is -8.61. The molecular weight excluding hydrogens is 412 g/mol. The molecule has 2 saturated carbocycles. The zero-order chi connectivity index (χ0) is 22.7. The second-order valence-corrected chi connectivity index (χ2v) is 10.3. The quantitative estimate of drug-likeness (QED) is 0.282.